The highest BCUT2D eigenvalue weighted by molar-refractivity contribution is 5.80. The summed E-state index contributed by atoms with van der Waals surface area (Å²) in [6.45, 7) is -2.94. The van der Waals surface area contributed by atoms with E-state index in [4.69, 9.17) is 4.74 Å². The van der Waals surface area contributed by atoms with Gasteiger partial charge in [0.1, 0.15) is 5.78 Å². The number of benzene rings is 1. The van der Waals surface area contributed by atoms with Crippen molar-refractivity contribution in [1.29, 1.82) is 5.26 Å². The molecule has 0 heterocycles. The number of Topliss-reactive ketones (excluding diaryl/α,β-unsaturated/α-hetero) is 1. The van der Waals surface area contributed by atoms with E-state index in [9.17, 15) is 18.8 Å². The second kappa shape index (κ2) is 7.38. The lowest BCUT2D eigenvalue weighted by Crippen LogP contribution is -2.30. The molecule has 134 valence electrons. The van der Waals surface area contributed by atoms with Crippen LogP contribution in [0, 0.1) is 11.3 Å². The summed E-state index contributed by atoms with van der Waals surface area (Å²) in [5, 5.41) is 9.72. The molecule has 6 heteroatoms. The highest BCUT2D eigenvalue weighted by Crippen LogP contribution is 2.42. The van der Waals surface area contributed by atoms with Crippen molar-refractivity contribution in [1.82, 2.24) is 0 Å². The van der Waals surface area contributed by atoms with Crippen LogP contribution in [0.3, 0.4) is 0 Å². The number of carbonyl (C=O) groups is 1. The van der Waals surface area contributed by atoms with E-state index in [0.717, 1.165) is 25.7 Å². The van der Waals surface area contributed by atoms with E-state index in [0.29, 0.717) is 31.2 Å². The Morgan fingerprint density at radius 3 is 2.44 bits per heavy atom. The summed E-state index contributed by atoms with van der Waals surface area (Å²) in [5.41, 5.74) is -0.0671. The Bertz CT molecular complexity index is 668. The third-order valence-corrected chi connectivity index (χ3v) is 5.18. The fourth-order valence-electron chi connectivity index (χ4n) is 3.70. The first-order valence-electron chi connectivity index (χ1n) is 8.71. The van der Waals surface area contributed by atoms with E-state index in [1.807, 2.05) is 0 Å². The smallest absolute Gasteiger partial charge is 0.387 e. The predicted molar refractivity (Wildman–Crippen MR) is 86.7 cm³/mol. The quantitative estimate of drug-likeness (QED) is 0.784. The molecular weight excluding hydrogens is 328 g/mol. The van der Waals surface area contributed by atoms with Crippen molar-refractivity contribution in [3.63, 3.8) is 0 Å². The molecule has 2 saturated carbocycles. The van der Waals surface area contributed by atoms with Crippen molar-refractivity contribution in [3.8, 4) is 17.6 Å². The van der Waals surface area contributed by atoms with Gasteiger partial charge in [0.25, 0.3) is 0 Å². The number of nitrogens with zero attached hydrogens (tertiary/aromatic N) is 1. The summed E-state index contributed by atoms with van der Waals surface area (Å²) in [6, 6.07) is 7.07. The molecule has 0 saturated heterocycles. The zero-order chi connectivity index (χ0) is 17.9. The van der Waals surface area contributed by atoms with Crippen LogP contribution in [-0.4, -0.2) is 18.5 Å². The van der Waals surface area contributed by atoms with Gasteiger partial charge in [-0.2, -0.15) is 14.0 Å². The fourth-order valence-corrected chi connectivity index (χ4v) is 3.70. The second-order valence-electron chi connectivity index (χ2n) is 6.80. The first kappa shape index (κ1) is 17.7. The van der Waals surface area contributed by atoms with Crippen LogP contribution in [0.15, 0.2) is 18.2 Å². The number of ether oxygens (including phenoxy) is 2. The summed E-state index contributed by atoms with van der Waals surface area (Å²) in [5.74, 6) is 0.410. The molecule has 4 nitrogen and oxygen atoms in total. The van der Waals surface area contributed by atoms with Gasteiger partial charge in [-0.05, 0) is 56.2 Å². The molecule has 0 unspecified atom stereocenters. The topological polar surface area (TPSA) is 59.3 Å². The molecule has 1 aromatic rings. The van der Waals surface area contributed by atoms with Gasteiger partial charge in [0.05, 0.1) is 17.6 Å². The largest absolute Gasteiger partial charge is 0.487 e. The molecule has 1 aromatic carbocycles. The highest BCUT2D eigenvalue weighted by atomic mass is 19.3. The van der Waals surface area contributed by atoms with Crippen LogP contribution < -0.4 is 9.47 Å². The Kier molecular flexibility index (Phi) is 5.22. The van der Waals surface area contributed by atoms with E-state index < -0.39 is 12.0 Å². The maximum Gasteiger partial charge on any atom is 0.387 e. The molecule has 0 aliphatic heterocycles. The maximum atomic E-state index is 12.7. The van der Waals surface area contributed by atoms with Crippen LogP contribution in [-0.2, 0) is 10.2 Å². The average Bonchev–Trinajstić information content (AvgIpc) is 3.10. The summed E-state index contributed by atoms with van der Waals surface area (Å²) < 4.78 is 35.9. The van der Waals surface area contributed by atoms with E-state index >= 15 is 0 Å². The van der Waals surface area contributed by atoms with Gasteiger partial charge in [-0.3, -0.25) is 4.79 Å². The van der Waals surface area contributed by atoms with Crippen LogP contribution in [0.1, 0.15) is 56.9 Å². The molecule has 0 atom stereocenters. The van der Waals surface area contributed by atoms with Crippen molar-refractivity contribution in [2.45, 2.75) is 69.5 Å². The number of carbonyl (C=O) groups excluding carboxylic acids is 1. The van der Waals surface area contributed by atoms with Crippen molar-refractivity contribution in [2.75, 3.05) is 0 Å². The zero-order valence-corrected chi connectivity index (χ0v) is 14.0. The second-order valence-corrected chi connectivity index (χ2v) is 6.80. The minimum absolute atomic E-state index is 0.00868. The van der Waals surface area contributed by atoms with E-state index in [1.54, 1.807) is 12.1 Å². The Hall–Kier alpha value is -2.16. The molecule has 0 spiro atoms. The van der Waals surface area contributed by atoms with Crippen molar-refractivity contribution >= 4 is 5.78 Å². The lowest BCUT2D eigenvalue weighted by atomic mass is 9.70. The number of ketones is 1. The van der Waals surface area contributed by atoms with Gasteiger partial charge >= 0.3 is 6.61 Å². The van der Waals surface area contributed by atoms with Crippen molar-refractivity contribution in [2.24, 2.45) is 0 Å². The molecule has 3 rings (SSSR count). The van der Waals surface area contributed by atoms with Crippen LogP contribution in [0.2, 0.25) is 0 Å². The molecular formula is C19H21F2NO3. The SMILES string of the molecule is N#CC1(c2ccc(OC(F)F)c(OC3CCCC3)c2)CCC(=O)CC1. The van der Waals surface area contributed by atoms with E-state index in [-0.39, 0.29) is 23.4 Å². The van der Waals surface area contributed by atoms with Crippen molar-refractivity contribution in [3.05, 3.63) is 23.8 Å². The number of nitriles is 1. The lowest BCUT2D eigenvalue weighted by Gasteiger charge is -2.31. The van der Waals surface area contributed by atoms with Crippen LogP contribution >= 0.6 is 0 Å². The average molecular weight is 349 g/mol. The summed E-state index contributed by atoms with van der Waals surface area (Å²) >= 11 is 0. The molecule has 0 aromatic heterocycles. The van der Waals surface area contributed by atoms with Gasteiger partial charge in [-0.25, -0.2) is 0 Å². The molecule has 0 radical (unpaired) electrons. The van der Waals surface area contributed by atoms with Gasteiger partial charge < -0.3 is 9.47 Å². The summed E-state index contributed by atoms with van der Waals surface area (Å²) in [6.07, 6.45) is 5.48. The zero-order valence-electron chi connectivity index (χ0n) is 14.0. The van der Waals surface area contributed by atoms with E-state index in [1.165, 1.54) is 6.07 Å². The predicted octanol–water partition coefficient (Wildman–Crippen LogP) is 4.51. The number of halogens is 2. The van der Waals surface area contributed by atoms with Gasteiger partial charge in [0, 0.05) is 12.8 Å². The molecule has 25 heavy (non-hydrogen) atoms. The number of hydrogen-bond donors (Lipinski definition) is 0. The Morgan fingerprint density at radius 1 is 1.16 bits per heavy atom. The minimum atomic E-state index is -2.94. The Morgan fingerprint density at radius 2 is 1.84 bits per heavy atom. The molecule has 0 bridgehead atoms. The third-order valence-electron chi connectivity index (χ3n) is 5.18. The van der Waals surface area contributed by atoms with Gasteiger partial charge in [0.15, 0.2) is 11.5 Å². The first-order chi connectivity index (χ1) is 12.0. The minimum Gasteiger partial charge on any atom is -0.487 e. The van der Waals surface area contributed by atoms with Gasteiger partial charge in [-0.15, -0.1) is 0 Å². The molecule has 2 aliphatic carbocycles. The summed E-state index contributed by atoms with van der Waals surface area (Å²) in [4.78, 5) is 11.5. The molecule has 0 amide bonds. The normalized spacial score (nSPS) is 20.5. The standard InChI is InChI=1S/C19H21F2NO3/c20-18(21)25-16-6-5-13(11-17(16)24-15-3-1-2-4-15)19(12-22)9-7-14(23)8-10-19/h5-6,11,15,18H,1-4,7-10H2. The lowest BCUT2D eigenvalue weighted by molar-refractivity contribution is -0.121. The monoisotopic (exact) mass is 349 g/mol. The number of hydrogen-bond acceptors (Lipinski definition) is 4. The third kappa shape index (κ3) is 3.92. The molecule has 2 aliphatic rings. The summed E-state index contributed by atoms with van der Waals surface area (Å²) in [7, 11) is 0. The van der Waals surface area contributed by atoms with Gasteiger partial charge in [-0.1, -0.05) is 6.07 Å². The number of rotatable bonds is 5. The molecule has 0 N–H and O–H groups in total. The molecule has 2 fully saturated rings. The number of alkyl halides is 2. The van der Waals surface area contributed by atoms with Crippen LogP contribution in [0.4, 0.5) is 8.78 Å². The van der Waals surface area contributed by atoms with E-state index in [2.05, 4.69) is 10.8 Å². The first-order valence-corrected chi connectivity index (χ1v) is 8.71. The maximum absolute atomic E-state index is 12.7. The van der Waals surface area contributed by atoms with Gasteiger partial charge in [0.2, 0.25) is 0 Å². The fraction of sp³-hybridized carbons (Fsp3) is 0.579. The van der Waals surface area contributed by atoms with Crippen LogP contribution in [0.25, 0.3) is 0 Å². The van der Waals surface area contributed by atoms with Crippen molar-refractivity contribution < 1.29 is 23.0 Å². The Labute approximate surface area is 145 Å². The van der Waals surface area contributed by atoms with Crippen LogP contribution in [0.5, 0.6) is 11.5 Å². The Balaban J connectivity index is 1.91. The highest BCUT2D eigenvalue weighted by Gasteiger charge is 2.37.